The third-order valence-corrected chi connectivity index (χ3v) is 5.26. The highest BCUT2D eigenvalue weighted by molar-refractivity contribution is 8.02. The second-order valence-electron chi connectivity index (χ2n) is 4.85. The van der Waals surface area contributed by atoms with E-state index < -0.39 is 0 Å². The quantitative estimate of drug-likeness (QED) is 0.811. The van der Waals surface area contributed by atoms with Gasteiger partial charge in [0.05, 0.1) is 5.25 Å². The van der Waals surface area contributed by atoms with E-state index in [0.717, 1.165) is 16.4 Å². The van der Waals surface area contributed by atoms with Gasteiger partial charge in [0.15, 0.2) is 4.34 Å². The van der Waals surface area contributed by atoms with E-state index in [1.54, 1.807) is 5.51 Å². The summed E-state index contributed by atoms with van der Waals surface area (Å²) in [6.07, 6.45) is 1.04. The van der Waals surface area contributed by atoms with Crippen LogP contribution in [0.2, 0.25) is 0 Å². The molecule has 0 unspecified atom stereocenters. The Morgan fingerprint density at radius 3 is 2.81 bits per heavy atom. The summed E-state index contributed by atoms with van der Waals surface area (Å²) in [7, 11) is 0. The molecule has 1 amide bonds. The van der Waals surface area contributed by atoms with Gasteiger partial charge < -0.3 is 5.32 Å². The SMILES string of the molecule is CC[C@@H](C)c1ccccc1NC(=O)[C@@H](C)Sc1nncs1. The summed E-state index contributed by atoms with van der Waals surface area (Å²) in [6.45, 7) is 6.20. The Balaban J connectivity index is 2.05. The minimum atomic E-state index is -0.206. The molecule has 0 saturated carbocycles. The molecule has 2 rings (SSSR count). The maximum absolute atomic E-state index is 12.3. The molecule has 0 radical (unpaired) electrons. The zero-order valence-electron chi connectivity index (χ0n) is 12.4. The molecule has 1 N–H and O–H groups in total. The molecule has 0 saturated heterocycles. The first-order chi connectivity index (χ1) is 10.1. The Labute approximate surface area is 133 Å². The number of hydrogen-bond donors (Lipinski definition) is 1. The lowest BCUT2D eigenvalue weighted by atomic mass is 9.97. The van der Waals surface area contributed by atoms with Crippen molar-refractivity contribution in [2.75, 3.05) is 5.32 Å². The highest BCUT2D eigenvalue weighted by Crippen LogP contribution is 2.28. The molecule has 6 heteroatoms. The molecule has 1 aromatic heterocycles. The van der Waals surface area contributed by atoms with E-state index in [-0.39, 0.29) is 11.2 Å². The van der Waals surface area contributed by atoms with E-state index in [9.17, 15) is 4.79 Å². The van der Waals surface area contributed by atoms with E-state index in [2.05, 4.69) is 35.4 Å². The van der Waals surface area contributed by atoms with Crippen LogP contribution in [0.4, 0.5) is 5.69 Å². The number of carbonyl (C=O) groups is 1. The number of rotatable bonds is 6. The van der Waals surface area contributed by atoms with Gasteiger partial charge in [-0.1, -0.05) is 55.1 Å². The summed E-state index contributed by atoms with van der Waals surface area (Å²) in [5.41, 5.74) is 3.76. The first kappa shape index (κ1) is 16.0. The second kappa shape index (κ2) is 7.56. The molecule has 1 heterocycles. The molecule has 112 valence electrons. The average molecular weight is 321 g/mol. The lowest BCUT2D eigenvalue weighted by molar-refractivity contribution is -0.115. The molecule has 2 aromatic rings. The van der Waals surface area contributed by atoms with Gasteiger partial charge in [0.25, 0.3) is 0 Å². The summed E-state index contributed by atoms with van der Waals surface area (Å²) in [5, 5.41) is 10.6. The number of amides is 1. The van der Waals surface area contributed by atoms with Gasteiger partial charge in [-0.2, -0.15) is 0 Å². The van der Waals surface area contributed by atoms with Crippen molar-refractivity contribution in [1.82, 2.24) is 10.2 Å². The van der Waals surface area contributed by atoms with Gasteiger partial charge >= 0.3 is 0 Å². The second-order valence-corrected chi connectivity index (χ2v) is 7.27. The number of carbonyl (C=O) groups excluding carboxylic acids is 1. The van der Waals surface area contributed by atoms with Gasteiger partial charge in [-0.3, -0.25) is 4.79 Å². The van der Waals surface area contributed by atoms with E-state index in [0.29, 0.717) is 5.92 Å². The van der Waals surface area contributed by atoms with Crippen molar-refractivity contribution in [2.45, 2.75) is 42.7 Å². The number of para-hydroxylation sites is 1. The number of thioether (sulfide) groups is 1. The number of aromatic nitrogens is 2. The molecule has 0 aliphatic heterocycles. The molecule has 0 aliphatic rings. The molecule has 0 bridgehead atoms. The molecule has 0 aliphatic carbocycles. The Hall–Kier alpha value is -1.40. The Morgan fingerprint density at radius 2 is 2.14 bits per heavy atom. The molecule has 2 atom stereocenters. The normalized spacial score (nSPS) is 13.7. The summed E-state index contributed by atoms with van der Waals surface area (Å²) in [4.78, 5) is 12.3. The van der Waals surface area contributed by atoms with Crippen molar-refractivity contribution in [2.24, 2.45) is 0 Å². The number of benzene rings is 1. The monoisotopic (exact) mass is 321 g/mol. The van der Waals surface area contributed by atoms with Crippen LogP contribution in [0.15, 0.2) is 34.1 Å². The molecule has 4 nitrogen and oxygen atoms in total. The van der Waals surface area contributed by atoms with E-state index in [4.69, 9.17) is 0 Å². The van der Waals surface area contributed by atoms with Gasteiger partial charge in [0.2, 0.25) is 5.91 Å². The van der Waals surface area contributed by atoms with Gasteiger partial charge in [-0.05, 0) is 30.9 Å². The van der Waals surface area contributed by atoms with Crippen molar-refractivity contribution in [1.29, 1.82) is 0 Å². The van der Waals surface area contributed by atoms with E-state index in [1.807, 2.05) is 25.1 Å². The highest BCUT2D eigenvalue weighted by Gasteiger charge is 2.18. The van der Waals surface area contributed by atoms with Gasteiger partial charge in [-0.15, -0.1) is 10.2 Å². The predicted octanol–water partition coefficient (Wildman–Crippen LogP) is 4.17. The molecule has 0 spiro atoms. The zero-order chi connectivity index (χ0) is 15.2. The Bertz CT molecular complexity index is 586. The lowest BCUT2D eigenvalue weighted by Gasteiger charge is -2.17. The van der Waals surface area contributed by atoms with Crippen LogP contribution in [-0.2, 0) is 4.79 Å². The van der Waals surface area contributed by atoms with Crippen LogP contribution in [0.25, 0.3) is 0 Å². The summed E-state index contributed by atoms with van der Waals surface area (Å²) in [6, 6.07) is 7.99. The predicted molar refractivity (Wildman–Crippen MR) is 89.0 cm³/mol. The maximum Gasteiger partial charge on any atom is 0.237 e. The number of nitrogens with one attached hydrogen (secondary N) is 1. The van der Waals surface area contributed by atoms with Crippen LogP contribution in [0, 0.1) is 0 Å². The Kier molecular flexibility index (Phi) is 5.76. The maximum atomic E-state index is 12.3. The minimum Gasteiger partial charge on any atom is -0.325 e. The van der Waals surface area contributed by atoms with Gasteiger partial charge in [0, 0.05) is 5.69 Å². The van der Waals surface area contributed by atoms with Crippen LogP contribution >= 0.6 is 23.1 Å². The summed E-state index contributed by atoms with van der Waals surface area (Å²) < 4.78 is 0.813. The average Bonchev–Trinajstić information content (AvgIpc) is 2.99. The molecular formula is C15H19N3OS2. The van der Waals surface area contributed by atoms with E-state index >= 15 is 0 Å². The van der Waals surface area contributed by atoms with Crippen molar-refractivity contribution in [3.8, 4) is 0 Å². The largest absolute Gasteiger partial charge is 0.325 e. The van der Waals surface area contributed by atoms with Crippen LogP contribution in [0.5, 0.6) is 0 Å². The highest BCUT2D eigenvalue weighted by atomic mass is 32.2. The van der Waals surface area contributed by atoms with Crippen molar-refractivity contribution < 1.29 is 4.79 Å². The van der Waals surface area contributed by atoms with Crippen LogP contribution in [-0.4, -0.2) is 21.4 Å². The standard InChI is InChI=1S/C15H19N3OS2/c1-4-10(2)12-7-5-6-8-13(12)17-14(19)11(3)21-15-18-16-9-20-15/h5-11H,4H2,1-3H3,(H,17,19)/t10-,11-/m1/s1. The zero-order valence-corrected chi connectivity index (χ0v) is 14.0. The number of anilines is 1. The first-order valence-corrected chi connectivity index (χ1v) is 8.70. The first-order valence-electron chi connectivity index (χ1n) is 6.94. The smallest absolute Gasteiger partial charge is 0.237 e. The van der Waals surface area contributed by atoms with Crippen molar-refractivity contribution in [3.63, 3.8) is 0 Å². The van der Waals surface area contributed by atoms with Crippen molar-refractivity contribution >= 4 is 34.7 Å². The molecule has 21 heavy (non-hydrogen) atoms. The fraction of sp³-hybridized carbons (Fsp3) is 0.400. The molecule has 0 fully saturated rings. The lowest BCUT2D eigenvalue weighted by Crippen LogP contribution is -2.23. The van der Waals surface area contributed by atoms with E-state index in [1.165, 1.54) is 28.7 Å². The minimum absolute atomic E-state index is 0.00838. The number of nitrogens with zero attached hydrogens (tertiary/aromatic N) is 2. The summed E-state index contributed by atoms with van der Waals surface area (Å²) in [5.74, 6) is 0.415. The van der Waals surface area contributed by atoms with Crippen LogP contribution < -0.4 is 5.32 Å². The van der Waals surface area contributed by atoms with Crippen LogP contribution in [0.3, 0.4) is 0 Å². The fourth-order valence-corrected chi connectivity index (χ4v) is 3.54. The van der Waals surface area contributed by atoms with Gasteiger partial charge in [-0.25, -0.2) is 0 Å². The third-order valence-electron chi connectivity index (χ3n) is 3.35. The third kappa shape index (κ3) is 4.28. The topological polar surface area (TPSA) is 54.9 Å². The fourth-order valence-electron chi connectivity index (χ4n) is 1.91. The number of hydrogen-bond acceptors (Lipinski definition) is 5. The summed E-state index contributed by atoms with van der Waals surface area (Å²) >= 11 is 2.88. The molecular weight excluding hydrogens is 302 g/mol. The molecule has 1 aromatic carbocycles. The Morgan fingerprint density at radius 1 is 1.38 bits per heavy atom. The van der Waals surface area contributed by atoms with Crippen molar-refractivity contribution in [3.05, 3.63) is 35.3 Å². The van der Waals surface area contributed by atoms with Crippen LogP contribution in [0.1, 0.15) is 38.7 Å². The van der Waals surface area contributed by atoms with Gasteiger partial charge in [0.1, 0.15) is 5.51 Å².